The molecule has 128 valence electrons. The van der Waals surface area contributed by atoms with Gasteiger partial charge >= 0.3 is 0 Å². The number of carbonyl (C=O) groups excluding carboxylic acids is 1. The van der Waals surface area contributed by atoms with Crippen molar-refractivity contribution in [3.05, 3.63) is 70.9 Å². The molecule has 2 aromatic rings. The van der Waals surface area contributed by atoms with Crippen molar-refractivity contribution in [2.24, 2.45) is 0 Å². The van der Waals surface area contributed by atoms with Crippen LogP contribution in [0.15, 0.2) is 59.8 Å². The molecule has 4 N–H and O–H groups in total. The van der Waals surface area contributed by atoms with Crippen molar-refractivity contribution in [1.29, 1.82) is 0 Å². The molecule has 0 unspecified atom stereocenters. The number of allylic oxidation sites excluding steroid dienone is 1. The third-order valence-corrected chi connectivity index (χ3v) is 4.37. The molecule has 1 atom stereocenters. The number of phenolic OH excluding ortho intramolecular Hbond substituents is 1. The Kier molecular flexibility index (Phi) is 4.72. The van der Waals surface area contributed by atoms with Crippen molar-refractivity contribution in [2.45, 2.75) is 19.9 Å². The second-order valence-corrected chi connectivity index (χ2v) is 6.31. The zero-order chi connectivity index (χ0) is 18.0. The van der Waals surface area contributed by atoms with Crippen LogP contribution in [0.1, 0.15) is 24.1 Å². The summed E-state index contributed by atoms with van der Waals surface area (Å²) in [6, 6.07) is 14.0. The van der Waals surface area contributed by atoms with Gasteiger partial charge in [-0.25, -0.2) is 0 Å². The van der Waals surface area contributed by atoms with Gasteiger partial charge in [0.15, 0.2) is 5.11 Å². The van der Waals surface area contributed by atoms with Gasteiger partial charge in [0, 0.05) is 16.9 Å². The van der Waals surface area contributed by atoms with E-state index in [4.69, 9.17) is 12.2 Å². The monoisotopic (exact) mass is 353 g/mol. The molecule has 1 heterocycles. The smallest absolute Gasteiger partial charge is 0.255 e. The molecular formula is C19H19N3O2S. The lowest BCUT2D eigenvalue weighted by Gasteiger charge is -2.30. The lowest BCUT2D eigenvalue weighted by molar-refractivity contribution is -0.113. The Morgan fingerprint density at radius 2 is 1.80 bits per heavy atom. The molecule has 1 aliphatic heterocycles. The van der Waals surface area contributed by atoms with Crippen LogP contribution in [0, 0.1) is 6.92 Å². The van der Waals surface area contributed by atoms with Crippen LogP contribution >= 0.6 is 12.2 Å². The molecule has 6 heteroatoms. The summed E-state index contributed by atoms with van der Waals surface area (Å²) in [5, 5.41) is 19.6. The second-order valence-electron chi connectivity index (χ2n) is 5.90. The maximum Gasteiger partial charge on any atom is 0.255 e. The predicted molar refractivity (Wildman–Crippen MR) is 102 cm³/mol. The van der Waals surface area contributed by atoms with E-state index in [0.717, 1.165) is 11.3 Å². The van der Waals surface area contributed by atoms with Gasteiger partial charge in [0.1, 0.15) is 5.75 Å². The van der Waals surface area contributed by atoms with Gasteiger partial charge in [-0.2, -0.15) is 0 Å². The molecule has 0 spiro atoms. The number of hydrogen-bond acceptors (Lipinski definition) is 3. The van der Waals surface area contributed by atoms with Crippen LogP contribution < -0.4 is 16.0 Å². The Bertz CT molecular complexity index is 876. The van der Waals surface area contributed by atoms with Crippen LogP contribution in [0.25, 0.3) is 0 Å². The molecule has 0 bridgehead atoms. The summed E-state index contributed by atoms with van der Waals surface area (Å²) in [5.41, 5.74) is 3.46. The van der Waals surface area contributed by atoms with E-state index in [1.807, 2.05) is 37.3 Å². The molecule has 0 radical (unpaired) electrons. The van der Waals surface area contributed by atoms with Crippen molar-refractivity contribution in [3.63, 3.8) is 0 Å². The van der Waals surface area contributed by atoms with Crippen LogP contribution in [-0.2, 0) is 4.79 Å². The molecule has 0 saturated carbocycles. The summed E-state index contributed by atoms with van der Waals surface area (Å²) in [6.07, 6.45) is 0. The first-order valence-electron chi connectivity index (χ1n) is 7.90. The number of anilines is 1. The summed E-state index contributed by atoms with van der Waals surface area (Å²) in [4.78, 5) is 13.0. The van der Waals surface area contributed by atoms with E-state index in [1.165, 1.54) is 0 Å². The first kappa shape index (κ1) is 17.0. The van der Waals surface area contributed by atoms with Gasteiger partial charge in [0.2, 0.25) is 0 Å². The van der Waals surface area contributed by atoms with Crippen molar-refractivity contribution in [3.8, 4) is 5.75 Å². The molecule has 3 rings (SSSR count). The summed E-state index contributed by atoms with van der Waals surface area (Å²) >= 11 is 5.22. The van der Waals surface area contributed by atoms with Crippen LogP contribution in [0.2, 0.25) is 0 Å². The number of thiocarbonyl (C=S) groups is 1. The standard InChI is InChI=1S/C19H19N3O2S/c1-11-7-3-5-9-14(11)21-18(24)16-12(2)20-19(25)22-17(16)13-8-4-6-10-15(13)23/h3-10,17,23H,1-2H3,(H,21,24)(H2,20,22,25)/t17-/m0/s1. The first-order chi connectivity index (χ1) is 12.0. The zero-order valence-corrected chi connectivity index (χ0v) is 14.8. The lowest BCUT2D eigenvalue weighted by Crippen LogP contribution is -2.45. The van der Waals surface area contributed by atoms with E-state index in [1.54, 1.807) is 25.1 Å². The van der Waals surface area contributed by atoms with E-state index in [2.05, 4.69) is 16.0 Å². The first-order valence-corrected chi connectivity index (χ1v) is 8.31. The fourth-order valence-corrected chi connectivity index (χ4v) is 3.13. The van der Waals surface area contributed by atoms with Gasteiger partial charge < -0.3 is 21.1 Å². The highest BCUT2D eigenvalue weighted by atomic mass is 32.1. The van der Waals surface area contributed by atoms with Crippen LogP contribution in [0.3, 0.4) is 0 Å². The average Bonchev–Trinajstić information content (AvgIpc) is 2.56. The summed E-state index contributed by atoms with van der Waals surface area (Å²) in [5.74, 6) is -0.138. The van der Waals surface area contributed by atoms with Gasteiger partial charge in [0.25, 0.3) is 5.91 Å². The highest BCUT2D eigenvalue weighted by Crippen LogP contribution is 2.33. The van der Waals surface area contributed by atoms with Crippen molar-refractivity contribution >= 4 is 28.9 Å². The molecule has 0 aliphatic carbocycles. The zero-order valence-electron chi connectivity index (χ0n) is 14.0. The molecule has 1 aliphatic rings. The van der Waals surface area contributed by atoms with Crippen LogP contribution in [-0.4, -0.2) is 16.1 Å². The number of amides is 1. The summed E-state index contributed by atoms with van der Waals surface area (Å²) in [6.45, 7) is 3.73. The number of rotatable bonds is 3. The van der Waals surface area contributed by atoms with E-state index >= 15 is 0 Å². The van der Waals surface area contributed by atoms with E-state index in [0.29, 0.717) is 21.9 Å². The minimum Gasteiger partial charge on any atom is -0.508 e. The largest absolute Gasteiger partial charge is 0.508 e. The van der Waals surface area contributed by atoms with Gasteiger partial charge in [-0.15, -0.1) is 0 Å². The summed E-state index contributed by atoms with van der Waals surface area (Å²) < 4.78 is 0. The third kappa shape index (κ3) is 3.49. The number of para-hydroxylation sites is 2. The third-order valence-electron chi connectivity index (χ3n) is 4.15. The molecular weight excluding hydrogens is 334 g/mol. The van der Waals surface area contributed by atoms with Crippen molar-refractivity contribution < 1.29 is 9.90 Å². The minimum atomic E-state index is -0.529. The van der Waals surface area contributed by atoms with Crippen molar-refractivity contribution in [2.75, 3.05) is 5.32 Å². The normalized spacial score (nSPS) is 16.9. The minimum absolute atomic E-state index is 0.110. The molecule has 2 aromatic carbocycles. The Hall–Kier alpha value is -2.86. The van der Waals surface area contributed by atoms with Crippen LogP contribution in [0.4, 0.5) is 5.69 Å². The molecule has 0 saturated heterocycles. The fraction of sp³-hybridized carbons (Fsp3) is 0.158. The van der Waals surface area contributed by atoms with E-state index in [-0.39, 0.29) is 11.7 Å². The highest BCUT2D eigenvalue weighted by molar-refractivity contribution is 7.80. The van der Waals surface area contributed by atoms with Gasteiger partial charge in [0.05, 0.1) is 11.6 Å². The Labute approximate surface area is 151 Å². The maximum absolute atomic E-state index is 13.0. The van der Waals surface area contributed by atoms with Gasteiger partial charge in [-0.3, -0.25) is 4.79 Å². The Balaban J connectivity index is 1.99. The van der Waals surface area contributed by atoms with Crippen molar-refractivity contribution in [1.82, 2.24) is 10.6 Å². The number of aromatic hydroxyl groups is 1. The SMILES string of the molecule is CC1=C(C(=O)Nc2ccccc2C)[C@H](c2ccccc2O)NC(=S)N1. The lowest BCUT2D eigenvalue weighted by atomic mass is 9.94. The Morgan fingerprint density at radius 3 is 2.52 bits per heavy atom. The predicted octanol–water partition coefficient (Wildman–Crippen LogP) is 3.13. The molecule has 0 aromatic heterocycles. The van der Waals surface area contributed by atoms with E-state index in [9.17, 15) is 9.90 Å². The number of benzene rings is 2. The van der Waals surface area contributed by atoms with E-state index < -0.39 is 6.04 Å². The average molecular weight is 353 g/mol. The second kappa shape index (κ2) is 6.94. The van der Waals surface area contributed by atoms with Gasteiger partial charge in [-0.05, 0) is 43.8 Å². The molecule has 5 nitrogen and oxygen atoms in total. The van der Waals surface area contributed by atoms with Gasteiger partial charge in [-0.1, -0.05) is 36.4 Å². The molecule has 1 amide bonds. The number of hydrogen-bond donors (Lipinski definition) is 4. The molecule has 25 heavy (non-hydrogen) atoms. The fourth-order valence-electron chi connectivity index (χ4n) is 2.86. The maximum atomic E-state index is 13.0. The number of phenols is 1. The topological polar surface area (TPSA) is 73.4 Å². The number of aryl methyl sites for hydroxylation is 1. The quantitative estimate of drug-likeness (QED) is 0.638. The number of carbonyl (C=O) groups is 1. The summed E-state index contributed by atoms with van der Waals surface area (Å²) in [7, 11) is 0. The highest BCUT2D eigenvalue weighted by Gasteiger charge is 2.31. The number of nitrogens with one attached hydrogen (secondary N) is 3. The Morgan fingerprint density at radius 1 is 1.12 bits per heavy atom. The molecule has 0 fully saturated rings. The van der Waals surface area contributed by atoms with Crippen LogP contribution in [0.5, 0.6) is 5.75 Å².